The Morgan fingerprint density at radius 1 is 1.07 bits per heavy atom. The van der Waals surface area contributed by atoms with Crippen LogP contribution in [0.3, 0.4) is 0 Å². The lowest BCUT2D eigenvalue weighted by Crippen LogP contribution is -2.50. The normalized spacial score (nSPS) is 23.0. The van der Waals surface area contributed by atoms with Crippen LogP contribution in [0.4, 0.5) is 4.39 Å². The molecule has 3 atom stereocenters. The third kappa shape index (κ3) is 4.48. The number of likely N-dealkylation sites (tertiary alicyclic amines) is 1. The Balaban J connectivity index is 1.40. The summed E-state index contributed by atoms with van der Waals surface area (Å²) in [6.45, 7) is 0.538. The molecule has 0 aromatic heterocycles. The smallest absolute Gasteiger partial charge is 0.254 e. The molecule has 1 aliphatic heterocycles. The molecule has 1 N–H and O–H groups in total. The van der Waals surface area contributed by atoms with Crippen molar-refractivity contribution in [3.05, 3.63) is 66.0 Å². The van der Waals surface area contributed by atoms with Crippen LogP contribution in [0.2, 0.25) is 0 Å². The first-order valence-corrected chi connectivity index (χ1v) is 10.7. The number of amides is 2. The van der Waals surface area contributed by atoms with E-state index in [0.717, 1.165) is 25.7 Å². The molecule has 1 heterocycles. The zero-order valence-corrected chi connectivity index (χ0v) is 16.9. The second kappa shape index (κ2) is 9.28. The van der Waals surface area contributed by atoms with Crippen LogP contribution in [0.5, 0.6) is 5.75 Å². The molecule has 2 aromatic carbocycles. The monoisotopic (exact) mass is 410 g/mol. The van der Waals surface area contributed by atoms with Crippen molar-refractivity contribution < 1.29 is 18.7 Å². The van der Waals surface area contributed by atoms with E-state index >= 15 is 0 Å². The SMILES string of the molecule is O=C(NCCOc1cccc(F)c1)C1CC2CCCCC2N1C(=O)c1ccccc1. The number of carbonyl (C=O) groups excluding carboxylic acids is 2. The number of rotatable bonds is 6. The summed E-state index contributed by atoms with van der Waals surface area (Å²) in [6.07, 6.45) is 4.98. The van der Waals surface area contributed by atoms with Gasteiger partial charge in [-0.15, -0.1) is 0 Å². The maximum absolute atomic E-state index is 13.2. The number of nitrogens with zero attached hydrogens (tertiary/aromatic N) is 1. The van der Waals surface area contributed by atoms with Crippen LogP contribution in [-0.2, 0) is 4.79 Å². The summed E-state index contributed by atoms with van der Waals surface area (Å²) in [4.78, 5) is 28.1. The Morgan fingerprint density at radius 3 is 2.67 bits per heavy atom. The van der Waals surface area contributed by atoms with Crippen molar-refractivity contribution in [2.75, 3.05) is 13.2 Å². The molecule has 1 saturated carbocycles. The van der Waals surface area contributed by atoms with Crippen molar-refractivity contribution in [2.24, 2.45) is 5.92 Å². The largest absolute Gasteiger partial charge is 0.492 e. The number of benzene rings is 2. The summed E-state index contributed by atoms with van der Waals surface area (Å²) in [5, 5.41) is 2.90. The van der Waals surface area contributed by atoms with Gasteiger partial charge in [0.05, 0.1) is 6.54 Å². The molecule has 1 saturated heterocycles. The van der Waals surface area contributed by atoms with Gasteiger partial charge in [0.15, 0.2) is 0 Å². The first-order valence-electron chi connectivity index (χ1n) is 10.7. The molecule has 4 rings (SSSR count). The number of hydrogen-bond donors (Lipinski definition) is 1. The van der Waals surface area contributed by atoms with Crippen LogP contribution in [0.1, 0.15) is 42.5 Å². The van der Waals surface area contributed by atoms with Crippen molar-refractivity contribution in [1.29, 1.82) is 0 Å². The third-order valence-electron chi connectivity index (χ3n) is 6.11. The molecule has 30 heavy (non-hydrogen) atoms. The maximum Gasteiger partial charge on any atom is 0.254 e. The summed E-state index contributed by atoms with van der Waals surface area (Å²) in [6, 6.07) is 14.8. The summed E-state index contributed by atoms with van der Waals surface area (Å²) >= 11 is 0. The zero-order valence-electron chi connectivity index (χ0n) is 16.9. The van der Waals surface area contributed by atoms with Gasteiger partial charge in [-0.05, 0) is 49.4 Å². The number of carbonyl (C=O) groups is 2. The Kier molecular flexibility index (Phi) is 6.31. The first-order chi connectivity index (χ1) is 14.6. The highest BCUT2D eigenvalue weighted by atomic mass is 19.1. The van der Waals surface area contributed by atoms with E-state index < -0.39 is 6.04 Å². The van der Waals surface area contributed by atoms with E-state index in [1.807, 2.05) is 23.1 Å². The lowest BCUT2D eigenvalue weighted by molar-refractivity contribution is -0.125. The Bertz CT molecular complexity index is 889. The minimum atomic E-state index is -0.458. The van der Waals surface area contributed by atoms with Gasteiger partial charge in [0, 0.05) is 17.7 Å². The van der Waals surface area contributed by atoms with Gasteiger partial charge in [0.2, 0.25) is 5.91 Å². The molecular weight excluding hydrogens is 383 g/mol. The van der Waals surface area contributed by atoms with E-state index in [-0.39, 0.29) is 30.3 Å². The first kappa shape index (κ1) is 20.4. The molecule has 2 aliphatic rings. The number of nitrogens with one attached hydrogen (secondary N) is 1. The predicted molar refractivity (Wildman–Crippen MR) is 112 cm³/mol. The Hall–Kier alpha value is -2.89. The van der Waals surface area contributed by atoms with Crippen LogP contribution in [-0.4, -0.2) is 41.9 Å². The van der Waals surface area contributed by atoms with Crippen molar-refractivity contribution in [1.82, 2.24) is 10.2 Å². The number of fused-ring (bicyclic) bond motifs is 1. The second-order valence-corrected chi connectivity index (χ2v) is 8.04. The molecule has 6 heteroatoms. The van der Waals surface area contributed by atoms with Gasteiger partial charge in [-0.3, -0.25) is 9.59 Å². The molecule has 2 fully saturated rings. The van der Waals surface area contributed by atoms with Gasteiger partial charge >= 0.3 is 0 Å². The lowest BCUT2D eigenvalue weighted by Gasteiger charge is -2.33. The van der Waals surface area contributed by atoms with Gasteiger partial charge in [0.25, 0.3) is 5.91 Å². The summed E-state index contributed by atoms with van der Waals surface area (Å²) in [5.41, 5.74) is 0.621. The lowest BCUT2D eigenvalue weighted by atomic mass is 9.84. The minimum absolute atomic E-state index is 0.0684. The van der Waals surface area contributed by atoms with E-state index in [9.17, 15) is 14.0 Å². The Labute approximate surface area is 176 Å². The molecule has 2 aromatic rings. The van der Waals surface area contributed by atoms with Crippen molar-refractivity contribution >= 4 is 11.8 Å². The van der Waals surface area contributed by atoms with E-state index in [4.69, 9.17) is 4.74 Å². The second-order valence-electron chi connectivity index (χ2n) is 8.04. The van der Waals surface area contributed by atoms with Gasteiger partial charge < -0.3 is 15.0 Å². The third-order valence-corrected chi connectivity index (χ3v) is 6.11. The highest BCUT2D eigenvalue weighted by Crippen LogP contribution is 2.40. The molecular formula is C24H27FN2O3. The quantitative estimate of drug-likeness (QED) is 0.737. The van der Waals surface area contributed by atoms with Gasteiger partial charge in [0.1, 0.15) is 24.2 Å². The van der Waals surface area contributed by atoms with Crippen LogP contribution >= 0.6 is 0 Å². The molecule has 1 aliphatic carbocycles. The average molecular weight is 410 g/mol. The molecule has 158 valence electrons. The fourth-order valence-electron chi connectivity index (χ4n) is 4.73. The summed E-state index contributed by atoms with van der Waals surface area (Å²) in [7, 11) is 0. The Morgan fingerprint density at radius 2 is 1.87 bits per heavy atom. The molecule has 2 amide bonds. The fourth-order valence-corrected chi connectivity index (χ4v) is 4.73. The number of ether oxygens (including phenoxy) is 1. The fraction of sp³-hybridized carbons (Fsp3) is 0.417. The van der Waals surface area contributed by atoms with Gasteiger partial charge in [-0.25, -0.2) is 4.39 Å². The predicted octanol–water partition coefficient (Wildman–Crippen LogP) is 3.79. The van der Waals surface area contributed by atoms with Crippen LogP contribution < -0.4 is 10.1 Å². The number of halogens is 1. The van der Waals surface area contributed by atoms with Crippen molar-refractivity contribution in [2.45, 2.75) is 44.2 Å². The summed E-state index contributed by atoms with van der Waals surface area (Å²) in [5.74, 6) is 0.237. The number of hydrogen-bond acceptors (Lipinski definition) is 3. The molecule has 3 unspecified atom stereocenters. The van der Waals surface area contributed by atoms with Crippen LogP contribution in [0.15, 0.2) is 54.6 Å². The molecule has 5 nitrogen and oxygen atoms in total. The van der Waals surface area contributed by atoms with Crippen LogP contribution in [0.25, 0.3) is 0 Å². The zero-order chi connectivity index (χ0) is 20.9. The topological polar surface area (TPSA) is 58.6 Å². The molecule has 0 radical (unpaired) electrons. The van der Waals surface area contributed by atoms with E-state index in [1.165, 1.54) is 12.1 Å². The van der Waals surface area contributed by atoms with Gasteiger partial charge in [-0.1, -0.05) is 37.1 Å². The van der Waals surface area contributed by atoms with Crippen molar-refractivity contribution in [3.63, 3.8) is 0 Å². The van der Waals surface area contributed by atoms with Gasteiger partial charge in [-0.2, -0.15) is 0 Å². The van der Waals surface area contributed by atoms with E-state index in [2.05, 4.69) is 5.32 Å². The minimum Gasteiger partial charge on any atom is -0.492 e. The average Bonchev–Trinajstić information content (AvgIpc) is 3.16. The highest BCUT2D eigenvalue weighted by molar-refractivity contribution is 5.98. The molecule has 0 bridgehead atoms. The van der Waals surface area contributed by atoms with E-state index in [0.29, 0.717) is 30.2 Å². The highest BCUT2D eigenvalue weighted by Gasteiger charge is 2.47. The van der Waals surface area contributed by atoms with E-state index in [1.54, 1.807) is 24.3 Å². The molecule has 0 spiro atoms. The maximum atomic E-state index is 13.2. The van der Waals surface area contributed by atoms with Crippen LogP contribution in [0, 0.1) is 11.7 Å². The standard InChI is InChI=1S/C24H27FN2O3/c25-19-10-6-11-20(16-19)30-14-13-26-23(28)22-15-18-9-4-5-12-21(18)27(22)24(29)17-7-2-1-3-8-17/h1-3,6-8,10-11,16,18,21-22H,4-5,9,12-15H2,(H,26,28). The van der Waals surface area contributed by atoms with Crippen molar-refractivity contribution in [3.8, 4) is 5.75 Å². The summed E-state index contributed by atoms with van der Waals surface area (Å²) < 4.78 is 18.7.